The molecule has 2 aromatic carbocycles. The van der Waals surface area contributed by atoms with Crippen LogP contribution in [0.3, 0.4) is 0 Å². The molecule has 0 aliphatic heterocycles. The van der Waals surface area contributed by atoms with Gasteiger partial charge >= 0.3 is 0 Å². The van der Waals surface area contributed by atoms with Gasteiger partial charge in [-0.3, -0.25) is 10.3 Å². The Morgan fingerprint density at radius 3 is 2.06 bits per heavy atom. The third kappa shape index (κ3) is 2.74. The molecule has 82 valence electrons. The number of hydrogen-bond donors (Lipinski definition) is 1. The lowest BCUT2D eigenvalue weighted by atomic mass is 10.3. The number of rotatable bonds is 4. The SMILES string of the molecule is CONc1ccc(Oc2ccccc2)cc1. The van der Waals surface area contributed by atoms with Crippen LogP contribution in [0, 0.1) is 0 Å². The molecular formula is C13H13NO2. The standard InChI is InChI=1S/C13H13NO2/c1-15-14-11-7-9-13(10-8-11)16-12-5-3-2-4-6-12/h2-10,14H,1H3. The highest BCUT2D eigenvalue weighted by Gasteiger charge is 1.96. The van der Waals surface area contributed by atoms with Gasteiger partial charge in [0.2, 0.25) is 0 Å². The zero-order chi connectivity index (χ0) is 11.2. The molecule has 0 unspecified atom stereocenters. The van der Waals surface area contributed by atoms with E-state index in [1.54, 1.807) is 7.11 Å². The van der Waals surface area contributed by atoms with E-state index >= 15 is 0 Å². The van der Waals surface area contributed by atoms with Crippen LogP contribution in [0.4, 0.5) is 5.69 Å². The number of anilines is 1. The Hall–Kier alpha value is -2.00. The van der Waals surface area contributed by atoms with Crippen LogP contribution in [0.1, 0.15) is 0 Å². The predicted octanol–water partition coefficient (Wildman–Crippen LogP) is 3.45. The van der Waals surface area contributed by atoms with Crippen molar-refractivity contribution in [3.05, 3.63) is 54.6 Å². The van der Waals surface area contributed by atoms with Crippen LogP contribution in [0.2, 0.25) is 0 Å². The van der Waals surface area contributed by atoms with Crippen LogP contribution in [-0.2, 0) is 4.84 Å². The van der Waals surface area contributed by atoms with E-state index in [1.807, 2.05) is 54.6 Å². The first kappa shape index (κ1) is 10.5. The normalized spacial score (nSPS) is 9.81. The van der Waals surface area contributed by atoms with Crippen molar-refractivity contribution in [2.45, 2.75) is 0 Å². The van der Waals surface area contributed by atoms with Gasteiger partial charge in [0.15, 0.2) is 0 Å². The third-order valence-corrected chi connectivity index (χ3v) is 2.05. The summed E-state index contributed by atoms with van der Waals surface area (Å²) in [6.07, 6.45) is 0. The Balaban J connectivity index is 2.05. The second kappa shape index (κ2) is 5.19. The molecular weight excluding hydrogens is 202 g/mol. The molecule has 3 nitrogen and oxygen atoms in total. The molecule has 2 rings (SSSR count). The second-order valence-corrected chi connectivity index (χ2v) is 3.25. The molecule has 2 aromatic rings. The van der Waals surface area contributed by atoms with Crippen molar-refractivity contribution in [3.63, 3.8) is 0 Å². The van der Waals surface area contributed by atoms with E-state index in [0.717, 1.165) is 17.2 Å². The molecule has 0 saturated carbocycles. The lowest BCUT2D eigenvalue weighted by Gasteiger charge is -2.06. The topological polar surface area (TPSA) is 30.5 Å². The van der Waals surface area contributed by atoms with E-state index in [2.05, 4.69) is 5.48 Å². The van der Waals surface area contributed by atoms with Gasteiger partial charge in [-0.15, -0.1) is 0 Å². The van der Waals surface area contributed by atoms with E-state index in [4.69, 9.17) is 9.57 Å². The summed E-state index contributed by atoms with van der Waals surface area (Å²) < 4.78 is 5.64. The van der Waals surface area contributed by atoms with E-state index in [1.165, 1.54) is 0 Å². The van der Waals surface area contributed by atoms with E-state index in [-0.39, 0.29) is 0 Å². The van der Waals surface area contributed by atoms with Crippen LogP contribution in [0.5, 0.6) is 11.5 Å². The Kier molecular flexibility index (Phi) is 3.41. The molecule has 0 aliphatic carbocycles. The van der Waals surface area contributed by atoms with Gasteiger partial charge in [0.05, 0.1) is 12.8 Å². The fourth-order valence-electron chi connectivity index (χ4n) is 1.33. The van der Waals surface area contributed by atoms with Gasteiger partial charge in [0, 0.05) is 0 Å². The Bertz CT molecular complexity index is 425. The molecule has 0 amide bonds. The fourth-order valence-corrected chi connectivity index (χ4v) is 1.33. The maximum Gasteiger partial charge on any atom is 0.127 e. The Morgan fingerprint density at radius 1 is 0.812 bits per heavy atom. The highest BCUT2D eigenvalue weighted by atomic mass is 16.6. The molecule has 0 radical (unpaired) electrons. The van der Waals surface area contributed by atoms with Gasteiger partial charge in [-0.1, -0.05) is 18.2 Å². The summed E-state index contributed by atoms with van der Waals surface area (Å²) in [6.45, 7) is 0. The lowest BCUT2D eigenvalue weighted by molar-refractivity contribution is 0.271. The van der Waals surface area contributed by atoms with Gasteiger partial charge in [-0.2, -0.15) is 0 Å². The van der Waals surface area contributed by atoms with Crippen molar-refractivity contribution in [1.82, 2.24) is 0 Å². The van der Waals surface area contributed by atoms with E-state index < -0.39 is 0 Å². The molecule has 0 bridgehead atoms. The van der Waals surface area contributed by atoms with Crippen molar-refractivity contribution < 1.29 is 9.57 Å². The molecule has 0 saturated heterocycles. The van der Waals surface area contributed by atoms with Crippen molar-refractivity contribution in [2.24, 2.45) is 0 Å². The molecule has 0 aromatic heterocycles. The largest absolute Gasteiger partial charge is 0.457 e. The molecule has 0 fully saturated rings. The maximum atomic E-state index is 5.64. The summed E-state index contributed by atoms with van der Waals surface area (Å²) in [6, 6.07) is 17.2. The van der Waals surface area contributed by atoms with Crippen molar-refractivity contribution in [2.75, 3.05) is 12.6 Å². The molecule has 0 spiro atoms. The first-order chi connectivity index (χ1) is 7.88. The first-order valence-electron chi connectivity index (χ1n) is 5.00. The van der Waals surface area contributed by atoms with Gasteiger partial charge < -0.3 is 4.74 Å². The summed E-state index contributed by atoms with van der Waals surface area (Å²) in [5.74, 6) is 1.63. The Morgan fingerprint density at radius 2 is 1.44 bits per heavy atom. The van der Waals surface area contributed by atoms with Crippen LogP contribution < -0.4 is 10.2 Å². The van der Waals surface area contributed by atoms with Crippen molar-refractivity contribution in [3.8, 4) is 11.5 Å². The summed E-state index contributed by atoms with van der Waals surface area (Å²) in [5.41, 5.74) is 3.63. The maximum absolute atomic E-state index is 5.64. The summed E-state index contributed by atoms with van der Waals surface area (Å²) in [5, 5.41) is 0. The van der Waals surface area contributed by atoms with Crippen LogP contribution in [0.25, 0.3) is 0 Å². The molecule has 16 heavy (non-hydrogen) atoms. The van der Waals surface area contributed by atoms with E-state index in [0.29, 0.717) is 0 Å². The molecule has 0 atom stereocenters. The van der Waals surface area contributed by atoms with Crippen LogP contribution in [0.15, 0.2) is 54.6 Å². The summed E-state index contributed by atoms with van der Waals surface area (Å²) >= 11 is 0. The minimum Gasteiger partial charge on any atom is -0.457 e. The molecule has 0 aliphatic rings. The predicted molar refractivity (Wildman–Crippen MR) is 63.6 cm³/mol. The zero-order valence-electron chi connectivity index (χ0n) is 9.01. The fraction of sp³-hybridized carbons (Fsp3) is 0.0769. The average molecular weight is 215 g/mol. The van der Waals surface area contributed by atoms with Gasteiger partial charge in [-0.25, -0.2) is 0 Å². The van der Waals surface area contributed by atoms with E-state index in [9.17, 15) is 0 Å². The van der Waals surface area contributed by atoms with Gasteiger partial charge in [0.1, 0.15) is 11.5 Å². The highest BCUT2D eigenvalue weighted by Crippen LogP contribution is 2.22. The number of nitrogens with one attached hydrogen (secondary N) is 1. The minimum absolute atomic E-state index is 0.799. The van der Waals surface area contributed by atoms with Crippen molar-refractivity contribution in [1.29, 1.82) is 0 Å². The quantitative estimate of drug-likeness (QED) is 0.792. The molecule has 0 heterocycles. The summed E-state index contributed by atoms with van der Waals surface area (Å²) in [7, 11) is 1.58. The van der Waals surface area contributed by atoms with Crippen LogP contribution >= 0.6 is 0 Å². The van der Waals surface area contributed by atoms with Crippen LogP contribution in [-0.4, -0.2) is 7.11 Å². The lowest BCUT2D eigenvalue weighted by Crippen LogP contribution is -1.94. The Labute approximate surface area is 94.6 Å². The monoisotopic (exact) mass is 215 g/mol. The van der Waals surface area contributed by atoms with Gasteiger partial charge in [-0.05, 0) is 36.4 Å². The zero-order valence-corrected chi connectivity index (χ0v) is 9.01. The third-order valence-electron chi connectivity index (χ3n) is 2.05. The second-order valence-electron chi connectivity index (χ2n) is 3.25. The number of para-hydroxylation sites is 1. The molecule has 3 heteroatoms. The first-order valence-corrected chi connectivity index (χ1v) is 5.00. The highest BCUT2D eigenvalue weighted by molar-refractivity contribution is 5.45. The minimum atomic E-state index is 0.799. The van der Waals surface area contributed by atoms with Crippen molar-refractivity contribution >= 4 is 5.69 Å². The molecule has 1 N–H and O–H groups in total. The number of ether oxygens (including phenoxy) is 1. The number of hydrogen-bond acceptors (Lipinski definition) is 3. The smallest absolute Gasteiger partial charge is 0.127 e. The average Bonchev–Trinajstić information content (AvgIpc) is 2.33. The number of benzene rings is 2. The van der Waals surface area contributed by atoms with Gasteiger partial charge in [0.25, 0.3) is 0 Å². The summed E-state index contributed by atoms with van der Waals surface area (Å²) in [4.78, 5) is 4.80.